The number of amides is 2. The lowest BCUT2D eigenvalue weighted by Gasteiger charge is -2.34. The van der Waals surface area contributed by atoms with Crippen molar-refractivity contribution in [3.63, 3.8) is 0 Å². The van der Waals surface area contributed by atoms with Crippen LogP contribution in [0.5, 0.6) is 0 Å². The fourth-order valence-corrected chi connectivity index (χ4v) is 1.84. The molecule has 1 aromatic rings. The maximum atomic E-state index is 11.3. The van der Waals surface area contributed by atoms with Crippen molar-refractivity contribution in [2.24, 2.45) is 11.5 Å². The van der Waals surface area contributed by atoms with Crippen LogP contribution in [0, 0.1) is 0 Å². The van der Waals surface area contributed by atoms with Gasteiger partial charge in [0.1, 0.15) is 6.04 Å². The summed E-state index contributed by atoms with van der Waals surface area (Å²) < 4.78 is 0. The topological polar surface area (TPSA) is 127 Å². The highest BCUT2D eigenvalue weighted by Gasteiger charge is 2.28. The van der Waals surface area contributed by atoms with Crippen LogP contribution in [0.2, 0.25) is 0 Å². The average molecular weight is 250 g/mol. The second-order valence-electron chi connectivity index (χ2n) is 3.96. The summed E-state index contributed by atoms with van der Waals surface area (Å²) in [5, 5.41) is 10.7. The molecule has 1 unspecified atom stereocenters. The number of aromatic nitrogens is 2. The van der Waals surface area contributed by atoms with Crippen LogP contribution in [0.1, 0.15) is 10.5 Å². The van der Waals surface area contributed by atoms with Crippen LogP contribution < -0.4 is 21.7 Å². The Labute approximate surface area is 103 Å². The lowest BCUT2D eigenvalue weighted by molar-refractivity contribution is -0.119. The number of nitrogens with zero attached hydrogens (tertiary/aromatic N) is 3. The molecule has 0 bridgehead atoms. The van der Waals surface area contributed by atoms with Crippen LogP contribution in [0.25, 0.3) is 0 Å². The quantitative estimate of drug-likeness (QED) is 0.560. The van der Waals surface area contributed by atoms with Crippen LogP contribution >= 0.6 is 0 Å². The molecule has 0 spiro atoms. The molecule has 8 nitrogen and oxygen atoms in total. The smallest absolute Gasteiger partial charge is 0.269 e. The van der Waals surface area contributed by atoms with Gasteiger partial charge < -0.3 is 21.7 Å². The van der Waals surface area contributed by atoms with Crippen molar-refractivity contribution in [2.45, 2.75) is 6.04 Å². The van der Waals surface area contributed by atoms with Crippen LogP contribution in [0.4, 0.5) is 5.82 Å². The number of carbonyl (C=O) groups excluding carboxylic acids is 2. The molecule has 1 aliphatic heterocycles. The zero-order valence-corrected chi connectivity index (χ0v) is 9.67. The van der Waals surface area contributed by atoms with Gasteiger partial charge in [-0.25, -0.2) is 0 Å². The number of rotatable bonds is 3. The Hall–Kier alpha value is -2.22. The minimum atomic E-state index is -0.638. The van der Waals surface area contributed by atoms with Crippen LogP contribution in [0.15, 0.2) is 12.1 Å². The van der Waals surface area contributed by atoms with E-state index in [2.05, 4.69) is 15.5 Å². The molecular weight excluding hydrogens is 236 g/mol. The number of hydrogen-bond donors (Lipinski definition) is 3. The Kier molecular flexibility index (Phi) is 3.38. The molecule has 1 saturated heterocycles. The molecule has 96 valence electrons. The Morgan fingerprint density at radius 2 is 2.11 bits per heavy atom. The van der Waals surface area contributed by atoms with E-state index in [9.17, 15) is 9.59 Å². The zero-order chi connectivity index (χ0) is 13.1. The lowest BCUT2D eigenvalue weighted by Crippen LogP contribution is -2.57. The van der Waals surface area contributed by atoms with E-state index in [-0.39, 0.29) is 5.69 Å². The van der Waals surface area contributed by atoms with Crippen molar-refractivity contribution >= 4 is 17.6 Å². The summed E-state index contributed by atoms with van der Waals surface area (Å²) in [6.45, 7) is 1.79. The van der Waals surface area contributed by atoms with Crippen LogP contribution in [-0.4, -0.2) is 47.7 Å². The highest BCUT2D eigenvalue weighted by atomic mass is 16.1. The molecule has 0 aromatic carbocycles. The second kappa shape index (κ2) is 4.96. The van der Waals surface area contributed by atoms with Crippen molar-refractivity contribution in [1.82, 2.24) is 15.5 Å². The number of piperazine rings is 1. The predicted octanol–water partition coefficient (Wildman–Crippen LogP) is -2.16. The molecule has 2 amide bonds. The number of primary amides is 2. The van der Waals surface area contributed by atoms with E-state index >= 15 is 0 Å². The summed E-state index contributed by atoms with van der Waals surface area (Å²) in [7, 11) is 0. The standard InChI is InChI=1S/C10H14N6O2/c11-9(17)6-1-2-8(15-14-6)16-4-3-13-5-7(16)10(12)18/h1-2,7,13H,3-5H2,(H2,11,17)(H2,12,18). The lowest BCUT2D eigenvalue weighted by atomic mass is 10.2. The number of anilines is 1. The first kappa shape index (κ1) is 12.2. The third-order valence-electron chi connectivity index (χ3n) is 2.77. The van der Waals surface area contributed by atoms with Crippen molar-refractivity contribution in [3.05, 3.63) is 17.8 Å². The normalized spacial score (nSPS) is 19.6. The van der Waals surface area contributed by atoms with E-state index < -0.39 is 17.9 Å². The second-order valence-corrected chi connectivity index (χ2v) is 3.96. The number of hydrogen-bond acceptors (Lipinski definition) is 6. The van der Waals surface area contributed by atoms with Crippen LogP contribution in [0.3, 0.4) is 0 Å². The third-order valence-corrected chi connectivity index (χ3v) is 2.77. The van der Waals surface area contributed by atoms with E-state index in [0.29, 0.717) is 18.9 Å². The summed E-state index contributed by atoms with van der Waals surface area (Å²) >= 11 is 0. The van der Waals surface area contributed by atoms with Gasteiger partial charge in [-0.1, -0.05) is 0 Å². The maximum Gasteiger partial charge on any atom is 0.269 e. The van der Waals surface area contributed by atoms with Gasteiger partial charge in [-0.15, -0.1) is 10.2 Å². The van der Waals surface area contributed by atoms with Gasteiger partial charge in [-0.3, -0.25) is 9.59 Å². The summed E-state index contributed by atoms with van der Waals surface area (Å²) in [4.78, 5) is 24.0. The van der Waals surface area contributed by atoms with Gasteiger partial charge >= 0.3 is 0 Å². The molecule has 8 heteroatoms. The summed E-state index contributed by atoms with van der Waals surface area (Å²) in [6.07, 6.45) is 0. The molecular formula is C10H14N6O2. The van der Waals surface area contributed by atoms with Gasteiger partial charge in [0.05, 0.1) is 0 Å². The minimum Gasteiger partial charge on any atom is -0.368 e. The number of nitrogens with one attached hydrogen (secondary N) is 1. The van der Waals surface area contributed by atoms with E-state index in [4.69, 9.17) is 11.5 Å². The fourth-order valence-electron chi connectivity index (χ4n) is 1.84. The molecule has 1 aromatic heterocycles. The van der Waals surface area contributed by atoms with Gasteiger partial charge in [-0.05, 0) is 12.1 Å². The largest absolute Gasteiger partial charge is 0.368 e. The molecule has 0 radical (unpaired) electrons. The first-order chi connectivity index (χ1) is 8.59. The molecule has 2 heterocycles. The Morgan fingerprint density at radius 1 is 1.33 bits per heavy atom. The maximum absolute atomic E-state index is 11.3. The summed E-state index contributed by atoms with van der Waals surface area (Å²) in [6, 6.07) is 2.62. The van der Waals surface area contributed by atoms with Gasteiger partial charge in [0.2, 0.25) is 5.91 Å². The van der Waals surface area contributed by atoms with E-state index in [1.165, 1.54) is 6.07 Å². The highest BCUT2D eigenvalue weighted by Crippen LogP contribution is 2.14. The van der Waals surface area contributed by atoms with E-state index in [1.54, 1.807) is 11.0 Å². The van der Waals surface area contributed by atoms with Crippen molar-refractivity contribution < 1.29 is 9.59 Å². The molecule has 0 saturated carbocycles. The average Bonchev–Trinajstić information content (AvgIpc) is 2.39. The summed E-state index contributed by atoms with van der Waals surface area (Å²) in [5.41, 5.74) is 10.5. The number of carbonyl (C=O) groups is 2. The Bertz CT molecular complexity index is 460. The van der Waals surface area contributed by atoms with Crippen molar-refractivity contribution in [1.29, 1.82) is 0 Å². The summed E-state index contributed by atoms with van der Waals surface area (Å²) in [5.74, 6) is -0.561. The number of nitrogens with two attached hydrogens (primary N) is 2. The zero-order valence-electron chi connectivity index (χ0n) is 9.67. The molecule has 1 fully saturated rings. The minimum absolute atomic E-state index is 0.0875. The monoisotopic (exact) mass is 250 g/mol. The van der Waals surface area contributed by atoms with E-state index in [0.717, 1.165) is 6.54 Å². The predicted molar refractivity (Wildman–Crippen MR) is 63.7 cm³/mol. The SMILES string of the molecule is NC(=O)c1ccc(N2CCNCC2C(N)=O)nn1. The first-order valence-corrected chi connectivity index (χ1v) is 5.50. The first-order valence-electron chi connectivity index (χ1n) is 5.50. The molecule has 5 N–H and O–H groups in total. The molecule has 2 rings (SSSR count). The Morgan fingerprint density at radius 3 is 2.67 bits per heavy atom. The van der Waals surface area contributed by atoms with Crippen molar-refractivity contribution in [3.8, 4) is 0 Å². The fraction of sp³-hybridized carbons (Fsp3) is 0.400. The molecule has 18 heavy (non-hydrogen) atoms. The van der Waals surface area contributed by atoms with Crippen LogP contribution in [-0.2, 0) is 4.79 Å². The van der Waals surface area contributed by atoms with Gasteiger partial charge in [0.25, 0.3) is 5.91 Å². The molecule has 0 aliphatic carbocycles. The molecule has 1 atom stereocenters. The van der Waals surface area contributed by atoms with E-state index in [1.807, 2.05) is 0 Å². The highest BCUT2D eigenvalue weighted by molar-refractivity contribution is 5.90. The van der Waals surface area contributed by atoms with Gasteiger partial charge in [0.15, 0.2) is 11.5 Å². The molecule has 1 aliphatic rings. The van der Waals surface area contributed by atoms with Gasteiger partial charge in [-0.2, -0.15) is 0 Å². The van der Waals surface area contributed by atoms with Crippen molar-refractivity contribution in [2.75, 3.05) is 24.5 Å². The third kappa shape index (κ3) is 2.38. The van der Waals surface area contributed by atoms with Gasteiger partial charge in [0, 0.05) is 19.6 Å². The Balaban J connectivity index is 2.23.